The van der Waals surface area contributed by atoms with Crippen LogP contribution in [0.2, 0.25) is 0 Å². The Morgan fingerprint density at radius 2 is 0.839 bits per heavy atom. The number of nitrogen functional groups attached to an aromatic ring is 2. The number of nitrogens with one attached hydrogen (secondary N) is 12. The molecule has 1 saturated heterocycles. The molecule has 1 fully saturated rings. The van der Waals surface area contributed by atoms with Gasteiger partial charge in [-0.05, 0) is 179 Å². The van der Waals surface area contributed by atoms with Crippen LogP contribution >= 0.6 is 0 Å². The van der Waals surface area contributed by atoms with Crippen LogP contribution in [-0.4, -0.2) is 348 Å². The number of nitrogens with zero attached hydrogens (tertiary/aromatic N) is 5. The van der Waals surface area contributed by atoms with Crippen LogP contribution in [0.15, 0.2) is 119 Å². The van der Waals surface area contributed by atoms with Gasteiger partial charge < -0.3 is 104 Å². The van der Waals surface area contributed by atoms with Crippen molar-refractivity contribution in [3.05, 3.63) is 165 Å². The molecule has 0 saturated carbocycles. The fourth-order valence-corrected chi connectivity index (χ4v) is 19.8. The maximum Gasteiger partial charge on any atom is 0.359 e. The van der Waals surface area contributed by atoms with Gasteiger partial charge in [-0.1, -0.05) is 36.4 Å². The number of amides is 9. The molecule has 0 radical (unpaired) electrons. The van der Waals surface area contributed by atoms with E-state index in [9.17, 15) is 135 Å². The lowest BCUT2D eigenvalue weighted by Crippen LogP contribution is -2.62. The van der Waals surface area contributed by atoms with Gasteiger partial charge in [0.25, 0.3) is 38.0 Å². The first kappa shape index (κ1) is 116. The van der Waals surface area contributed by atoms with Crippen molar-refractivity contribution in [3.63, 3.8) is 0 Å². The Labute approximate surface area is 824 Å². The number of anilines is 2. The van der Waals surface area contributed by atoms with E-state index in [4.69, 9.17) is 20.9 Å². The number of carbonyl (C=O) groups is 14. The van der Waals surface area contributed by atoms with E-state index in [-0.39, 0.29) is 159 Å². The van der Waals surface area contributed by atoms with Gasteiger partial charge in [-0.2, -0.15) is 26.3 Å². The second-order valence-corrected chi connectivity index (χ2v) is 40.1. The smallest absolute Gasteiger partial charge is 0.359 e. The van der Waals surface area contributed by atoms with Crippen molar-refractivity contribution in [2.24, 2.45) is 0 Å². The van der Waals surface area contributed by atoms with E-state index < -0.39 is 235 Å². The topological polar surface area (TPSA) is 764 Å². The number of aryl methyl sites for hydroxylation is 8. The van der Waals surface area contributed by atoms with E-state index in [1.54, 1.807) is 48.5 Å². The third-order valence-corrected chi connectivity index (χ3v) is 27.2. The minimum Gasteiger partial charge on any atom is -0.494 e. The normalized spacial score (nSPS) is 15.1. The van der Waals surface area contributed by atoms with Gasteiger partial charge in [0.1, 0.15) is 64.8 Å². The van der Waals surface area contributed by atoms with Gasteiger partial charge in [0.15, 0.2) is 13.1 Å². The molecule has 1 unspecified atom stereocenters. The summed E-state index contributed by atoms with van der Waals surface area (Å²) in [6.45, 7) is -0.663. The first-order valence-corrected chi connectivity index (χ1v) is 51.2. The number of hydrogen-bond donors (Lipinski definition) is 21. The molecule has 23 N–H and O–H groups in total. The van der Waals surface area contributed by atoms with Crippen LogP contribution in [0.5, 0.6) is 11.5 Å². The minimum atomic E-state index is -5.24. The van der Waals surface area contributed by atoms with Gasteiger partial charge >= 0.3 is 29.8 Å². The Kier molecular flexibility index (Phi) is 45.4. The molecule has 54 heteroatoms. The highest BCUT2D eigenvalue weighted by Crippen LogP contribution is 2.29. The van der Waals surface area contributed by atoms with Crippen LogP contribution in [0.25, 0.3) is 0 Å². The summed E-state index contributed by atoms with van der Waals surface area (Å²) in [4.78, 5) is 195. The number of carboxylic acid groups (broad SMARTS) is 5. The Morgan fingerprint density at radius 1 is 0.434 bits per heavy atom. The summed E-state index contributed by atoms with van der Waals surface area (Å²) in [5, 5.41) is 73.8. The molecule has 3 heterocycles. The number of aliphatic carboxylic acids is 5. The Hall–Kier alpha value is -13.6. The number of rotatable bonds is 57. The standard InChI is InChI=1S/C89H121N19O31S4/c1-55-43-65(44-56(2)81(55)142(134,135)104-68(88(124)125)47-97-83(119)61-21-15-59(16-22-61)19-25-63-9-5-11-72(90)99-63)138-41-7-13-74(109)93-29-31-95-85(121)70(53-140(128,129)130)102-76(111)28-27-67(101-77(112)51-108(52-80(117)118)39-34-92-33-35-106(49-78(113)114)36-37-107(38-40-108)50-79(115)116)87(123)103-71(54-141(131,132)133)86(122)96-32-30-94-75(110)14-8-42-139-66-45-57(3)82(58(4)46-66)143(136,137)105-69(89(126)127)48-98-84(120)62-23-17-60(18-24-62)20-26-64-10-6-12-73(91)100-64/h5-6,9-12,15-18,21-24,43-46,67-71,92,104-105H,7-8,13-14,19-20,25-42,47-54H2,1-4H3,(H19-,90,91,93,94,95,96,97,98,99,100,101,102,103,109,110,111,112,113,114,115,116,117,118,119,120,121,122,123,124,125,126,127,128,129,130,131,132,133)/p+1/t67-,68-,69-,70-,71-,108?/m0/s1. The number of quaternary nitrogens is 1. The maximum absolute atomic E-state index is 14.6. The first-order valence-electron chi connectivity index (χ1n) is 45.0. The summed E-state index contributed by atoms with van der Waals surface area (Å²) in [7, 11) is -19.5. The van der Waals surface area contributed by atoms with Crippen LogP contribution in [0.4, 0.5) is 11.6 Å². The van der Waals surface area contributed by atoms with E-state index in [1.165, 1.54) is 86.0 Å². The van der Waals surface area contributed by atoms with Crippen LogP contribution in [0, 0.1) is 27.7 Å². The van der Waals surface area contributed by atoms with Crippen LogP contribution in [0.3, 0.4) is 0 Å². The summed E-state index contributed by atoms with van der Waals surface area (Å²) in [6.07, 6.45) is 0.121. The SMILES string of the molecule is Cc1cc(OCCCC(=O)NCCNC(=O)[C@H](CS(=O)(=O)O)NC(=O)CC[C@H](NC(=O)C[N+]2(CC(=O)O)CCNCCN(CC(=O)O)CCN(CC(=O)O)CC2)C(=O)N[C@@H](CS(=O)(=O)O)C(=O)NCCNC(=O)CCCOc2cc(C)c(S(=O)(=O)N[C@@H](CNC(=O)c3ccc(CCc4cccc(N)n4)cc3)C(=O)O)c(C)c2)cc(C)c1S(=O)(=O)N[C@@H](CNC(=O)c1ccc(CCc2cccc(N)n2)cc1)C(=O)O. The zero-order valence-corrected chi connectivity index (χ0v) is 82.1. The Balaban J connectivity index is 0.930. The van der Waals surface area contributed by atoms with Gasteiger partial charge in [-0.15, -0.1) is 0 Å². The third kappa shape index (κ3) is 41.9. The number of ether oxygens (including phenoxy) is 2. The summed E-state index contributed by atoms with van der Waals surface area (Å²) in [5.74, 6) is -18.1. The molecule has 9 amide bonds. The van der Waals surface area contributed by atoms with E-state index in [2.05, 4.69) is 72.6 Å². The number of benzene rings is 4. The number of nitrogens with two attached hydrogens (primary N) is 2. The zero-order chi connectivity index (χ0) is 106. The quantitative estimate of drug-likeness (QED) is 0.0100. The number of pyridine rings is 2. The second-order valence-electron chi connectivity index (χ2n) is 33.8. The number of hydrogen-bond acceptors (Lipinski definition) is 31. The van der Waals surface area contributed by atoms with E-state index in [0.717, 1.165) is 22.5 Å². The molecule has 1 aliphatic rings. The van der Waals surface area contributed by atoms with Crippen molar-refractivity contribution in [3.8, 4) is 11.5 Å². The number of carbonyl (C=O) groups excluding carboxylic acids is 9. The predicted molar refractivity (Wildman–Crippen MR) is 513 cm³/mol. The molecular formula is C89H122N19O31S4+. The largest absolute Gasteiger partial charge is 0.494 e. The number of aromatic nitrogens is 2. The highest BCUT2D eigenvalue weighted by atomic mass is 32.2. The zero-order valence-electron chi connectivity index (χ0n) is 78.9. The lowest BCUT2D eigenvalue weighted by atomic mass is 10.1. The predicted octanol–water partition coefficient (Wildman–Crippen LogP) is -3.46. The van der Waals surface area contributed by atoms with Gasteiger partial charge in [0.05, 0.1) is 49.2 Å². The van der Waals surface area contributed by atoms with Gasteiger partial charge in [-0.25, -0.2) is 31.6 Å². The molecule has 2 aromatic heterocycles. The van der Waals surface area contributed by atoms with Gasteiger partial charge in [0.2, 0.25) is 55.5 Å². The fraction of sp³-hybridized carbons (Fsp3) is 0.461. The molecule has 6 aromatic rings. The number of carboxylic acids is 5. The summed E-state index contributed by atoms with van der Waals surface area (Å²) in [5.41, 5.74) is 15.8. The molecule has 50 nitrogen and oxygen atoms in total. The molecule has 143 heavy (non-hydrogen) atoms. The molecule has 6 atom stereocenters. The average Bonchev–Trinajstić information content (AvgIpc) is 0.790. The van der Waals surface area contributed by atoms with Crippen molar-refractivity contribution in [2.45, 2.75) is 132 Å². The third-order valence-electron chi connectivity index (χ3n) is 22.1. The fourth-order valence-electron chi connectivity index (χ4n) is 15.2. The van der Waals surface area contributed by atoms with Crippen LogP contribution in [-0.2, 0) is 124 Å². The molecular weight excluding hydrogens is 1960 g/mol. The van der Waals surface area contributed by atoms with Crippen LogP contribution in [0.1, 0.15) is 104 Å². The van der Waals surface area contributed by atoms with Crippen molar-refractivity contribution >= 4 is 135 Å². The van der Waals surface area contributed by atoms with E-state index >= 15 is 0 Å². The maximum atomic E-state index is 14.6. The highest BCUT2D eigenvalue weighted by molar-refractivity contribution is 7.90. The number of sulfonamides is 2. The molecule has 7 rings (SSSR count). The highest BCUT2D eigenvalue weighted by Gasteiger charge is 2.39. The second kappa shape index (κ2) is 55.7. The minimum absolute atomic E-state index is 0.0311. The van der Waals surface area contributed by atoms with Crippen molar-refractivity contribution < 1.29 is 149 Å². The molecule has 0 aliphatic carbocycles. The van der Waals surface area contributed by atoms with Gasteiger partial charge in [-0.3, -0.25) is 81.2 Å². The van der Waals surface area contributed by atoms with Crippen molar-refractivity contribution in [2.75, 3.05) is 154 Å². The Bertz CT molecular complexity index is 5960. The monoisotopic (exact) mass is 2080 g/mol. The molecule has 1 aliphatic heterocycles. The Morgan fingerprint density at radius 3 is 1.24 bits per heavy atom. The van der Waals surface area contributed by atoms with Gasteiger partial charge in [0, 0.05) is 120 Å². The summed E-state index contributed by atoms with van der Waals surface area (Å²) >= 11 is 0. The lowest BCUT2D eigenvalue weighted by Gasteiger charge is -2.39. The summed E-state index contributed by atoms with van der Waals surface area (Å²) in [6, 6.07) is 18.9. The average molecular weight is 2080 g/mol. The van der Waals surface area contributed by atoms with Crippen molar-refractivity contribution in [1.82, 2.24) is 82.4 Å². The molecule has 4 aromatic carbocycles. The molecule has 782 valence electrons. The van der Waals surface area contributed by atoms with E-state index in [0.29, 0.717) is 37.3 Å². The van der Waals surface area contributed by atoms with Crippen LogP contribution < -0.4 is 83.6 Å². The van der Waals surface area contributed by atoms with E-state index in [1.807, 2.05) is 12.1 Å². The lowest BCUT2D eigenvalue weighted by molar-refractivity contribution is -0.912. The molecule has 0 spiro atoms. The summed E-state index contributed by atoms with van der Waals surface area (Å²) < 4.78 is 140. The molecule has 0 bridgehead atoms. The van der Waals surface area contributed by atoms with Crippen molar-refractivity contribution in [1.29, 1.82) is 0 Å². The first-order chi connectivity index (χ1) is 67.3.